The Morgan fingerprint density at radius 2 is 2.15 bits per heavy atom. The minimum absolute atomic E-state index is 0.0168. The number of carbonyl (C=O) groups is 1. The first-order valence-corrected chi connectivity index (χ1v) is 4.20. The molecule has 0 unspecified atom stereocenters. The lowest BCUT2D eigenvalue weighted by atomic mass is 10.2. The zero-order chi connectivity index (χ0) is 10.0. The number of carbonyl (C=O) groups excluding carboxylic acids is 1. The molecular weight excluding hydrogens is 164 g/mol. The van der Waals surface area contributed by atoms with Gasteiger partial charge in [-0.1, -0.05) is 5.57 Å². The SMILES string of the molecule is CC(C)=CC(=O)c1cc(C)nn1C. The van der Waals surface area contributed by atoms with Gasteiger partial charge in [0.05, 0.1) is 5.69 Å². The Morgan fingerprint density at radius 3 is 2.54 bits per heavy atom. The van der Waals surface area contributed by atoms with E-state index < -0.39 is 0 Å². The molecule has 0 aromatic carbocycles. The molecular formula is C10H14N2O. The van der Waals surface area contributed by atoms with Crippen LogP contribution in [0.4, 0.5) is 0 Å². The van der Waals surface area contributed by atoms with Crippen molar-refractivity contribution in [2.75, 3.05) is 0 Å². The first kappa shape index (κ1) is 9.71. The zero-order valence-electron chi connectivity index (χ0n) is 8.46. The lowest BCUT2D eigenvalue weighted by Crippen LogP contribution is -2.04. The maximum Gasteiger partial charge on any atom is 0.203 e. The quantitative estimate of drug-likeness (QED) is 0.512. The van der Waals surface area contributed by atoms with Crippen LogP contribution >= 0.6 is 0 Å². The fourth-order valence-corrected chi connectivity index (χ4v) is 1.18. The van der Waals surface area contributed by atoms with Crippen LogP contribution in [0.5, 0.6) is 0 Å². The van der Waals surface area contributed by atoms with Crippen LogP contribution < -0.4 is 0 Å². The predicted octanol–water partition coefficient (Wildman–Crippen LogP) is 1.88. The molecule has 0 aliphatic heterocycles. The summed E-state index contributed by atoms with van der Waals surface area (Å²) in [5.74, 6) is 0.0168. The van der Waals surface area contributed by atoms with Crippen molar-refractivity contribution in [3.8, 4) is 0 Å². The number of hydrogen-bond acceptors (Lipinski definition) is 2. The molecule has 1 aromatic heterocycles. The summed E-state index contributed by atoms with van der Waals surface area (Å²) in [5, 5.41) is 4.11. The summed E-state index contributed by atoms with van der Waals surface area (Å²) >= 11 is 0. The van der Waals surface area contributed by atoms with Crippen molar-refractivity contribution in [1.82, 2.24) is 9.78 Å². The molecule has 0 amide bonds. The van der Waals surface area contributed by atoms with E-state index in [9.17, 15) is 4.79 Å². The van der Waals surface area contributed by atoms with E-state index in [1.165, 1.54) is 0 Å². The molecule has 0 atom stereocenters. The summed E-state index contributed by atoms with van der Waals surface area (Å²) in [6.07, 6.45) is 1.62. The van der Waals surface area contributed by atoms with Crippen molar-refractivity contribution in [2.45, 2.75) is 20.8 Å². The van der Waals surface area contributed by atoms with Crippen molar-refractivity contribution in [2.24, 2.45) is 7.05 Å². The lowest BCUT2D eigenvalue weighted by molar-refractivity contribution is 0.103. The van der Waals surface area contributed by atoms with Crippen LogP contribution in [0.25, 0.3) is 0 Å². The minimum Gasteiger partial charge on any atom is -0.288 e. The average molecular weight is 178 g/mol. The second-order valence-corrected chi connectivity index (χ2v) is 3.38. The van der Waals surface area contributed by atoms with Gasteiger partial charge in [-0.15, -0.1) is 0 Å². The number of aromatic nitrogens is 2. The number of ketones is 1. The van der Waals surface area contributed by atoms with Crippen molar-refractivity contribution in [3.63, 3.8) is 0 Å². The van der Waals surface area contributed by atoms with Gasteiger partial charge in [-0.2, -0.15) is 5.10 Å². The first-order valence-electron chi connectivity index (χ1n) is 4.20. The Balaban J connectivity index is 3.02. The molecule has 3 nitrogen and oxygen atoms in total. The van der Waals surface area contributed by atoms with Crippen molar-refractivity contribution in [3.05, 3.63) is 29.1 Å². The monoisotopic (exact) mass is 178 g/mol. The van der Waals surface area contributed by atoms with Gasteiger partial charge in [0.2, 0.25) is 5.78 Å². The highest BCUT2D eigenvalue weighted by atomic mass is 16.1. The highest BCUT2D eigenvalue weighted by molar-refractivity contribution is 6.03. The van der Waals surface area contributed by atoms with E-state index in [4.69, 9.17) is 0 Å². The summed E-state index contributed by atoms with van der Waals surface area (Å²) in [4.78, 5) is 11.6. The van der Waals surface area contributed by atoms with E-state index in [-0.39, 0.29) is 5.78 Å². The largest absolute Gasteiger partial charge is 0.288 e. The van der Waals surface area contributed by atoms with Gasteiger partial charge >= 0.3 is 0 Å². The first-order chi connectivity index (χ1) is 6.00. The van der Waals surface area contributed by atoms with Crippen LogP contribution in [-0.4, -0.2) is 15.6 Å². The van der Waals surface area contributed by atoms with Gasteiger partial charge in [-0.3, -0.25) is 9.48 Å². The summed E-state index contributed by atoms with van der Waals surface area (Å²) in [6, 6.07) is 1.79. The van der Waals surface area contributed by atoms with E-state index in [2.05, 4.69) is 5.10 Å². The van der Waals surface area contributed by atoms with Crippen LogP contribution in [-0.2, 0) is 7.05 Å². The molecule has 0 bridgehead atoms. The molecule has 3 heteroatoms. The molecule has 0 fully saturated rings. The smallest absolute Gasteiger partial charge is 0.203 e. The van der Waals surface area contributed by atoms with Gasteiger partial charge in [-0.25, -0.2) is 0 Å². The van der Waals surface area contributed by atoms with Crippen LogP contribution in [0, 0.1) is 6.92 Å². The highest BCUT2D eigenvalue weighted by Gasteiger charge is 2.08. The third-order valence-corrected chi connectivity index (χ3v) is 1.67. The Morgan fingerprint density at radius 1 is 1.54 bits per heavy atom. The molecule has 13 heavy (non-hydrogen) atoms. The van der Waals surface area contributed by atoms with E-state index in [1.807, 2.05) is 20.8 Å². The Hall–Kier alpha value is -1.38. The number of rotatable bonds is 2. The standard InChI is InChI=1S/C10H14N2O/c1-7(2)5-10(13)9-6-8(3)11-12(9)4/h5-6H,1-4H3. The number of nitrogens with zero attached hydrogens (tertiary/aromatic N) is 2. The third kappa shape index (κ3) is 2.28. The minimum atomic E-state index is 0.0168. The van der Waals surface area contributed by atoms with E-state index in [0.717, 1.165) is 11.3 Å². The molecule has 0 saturated heterocycles. The molecule has 0 spiro atoms. The summed E-state index contributed by atoms with van der Waals surface area (Å²) in [5.41, 5.74) is 2.51. The fourth-order valence-electron chi connectivity index (χ4n) is 1.18. The van der Waals surface area contributed by atoms with Crippen LogP contribution in [0.15, 0.2) is 17.7 Å². The second kappa shape index (κ2) is 3.56. The molecule has 0 radical (unpaired) electrons. The van der Waals surface area contributed by atoms with Gasteiger partial charge in [-0.05, 0) is 32.9 Å². The topological polar surface area (TPSA) is 34.9 Å². The van der Waals surface area contributed by atoms with Gasteiger partial charge in [0.25, 0.3) is 0 Å². The molecule has 70 valence electrons. The van der Waals surface area contributed by atoms with Gasteiger partial charge in [0.15, 0.2) is 0 Å². The van der Waals surface area contributed by atoms with Crippen LogP contribution in [0.2, 0.25) is 0 Å². The maximum atomic E-state index is 11.6. The third-order valence-electron chi connectivity index (χ3n) is 1.67. The predicted molar refractivity (Wildman–Crippen MR) is 51.7 cm³/mol. The van der Waals surface area contributed by atoms with E-state index >= 15 is 0 Å². The number of aryl methyl sites for hydroxylation is 2. The summed E-state index contributed by atoms with van der Waals surface area (Å²) in [6.45, 7) is 5.68. The molecule has 1 rings (SSSR count). The second-order valence-electron chi connectivity index (χ2n) is 3.38. The average Bonchev–Trinajstić information content (AvgIpc) is 2.28. The number of hydrogen-bond donors (Lipinski definition) is 0. The lowest BCUT2D eigenvalue weighted by Gasteiger charge is -1.95. The molecule has 0 saturated carbocycles. The van der Waals surface area contributed by atoms with E-state index in [0.29, 0.717) is 5.69 Å². The maximum absolute atomic E-state index is 11.6. The van der Waals surface area contributed by atoms with Crippen molar-refractivity contribution < 1.29 is 4.79 Å². The molecule has 0 aliphatic carbocycles. The molecule has 1 heterocycles. The Labute approximate surface area is 78.1 Å². The Bertz CT molecular complexity index is 357. The van der Waals surface area contributed by atoms with Gasteiger partial charge in [0, 0.05) is 7.05 Å². The summed E-state index contributed by atoms with van der Waals surface area (Å²) in [7, 11) is 1.78. The molecule has 0 N–H and O–H groups in total. The Kier molecular flexibility index (Phi) is 2.66. The van der Waals surface area contributed by atoms with Crippen LogP contribution in [0.1, 0.15) is 30.0 Å². The normalized spacial score (nSPS) is 9.85. The fraction of sp³-hybridized carbons (Fsp3) is 0.400. The molecule has 0 aliphatic rings. The highest BCUT2D eigenvalue weighted by Crippen LogP contribution is 2.05. The van der Waals surface area contributed by atoms with Gasteiger partial charge < -0.3 is 0 Å². The molecule has 1 aromatic rings. The van der Waals surface area contributed by atoms with Gasteiger partial charge in [0.1, 0.15) is 5.69 Å². The van der Waals surface area contributed by atoms with Crippen molar-refractivity contribution >= 4 is 5.78 Å². The van der Waals surface area contributed by atoms with Crippen LogP contribution in [0.3, 0.4) is 0 Å². The zero-order valence-corrected chi connectivity index (χ0v) is 8.46. The summed E-state index contributed by atoms with van der Waals surface area (Å²) < 4.78 is 1.61. The number of allylic oxidation sites excluding steroid dienone is 2. The van der Waals surface area contributed by atoms with Crippen molar-refractivity contribution in [1.29, 1.82) is 0 Å². The van der Waals surface area contributed by atoms with E-state index in [1.54, 1.807) is 23.9 Å².